The van der Waals surface area contributed by atoms with Gasteiger partial charge in [0, 0.05) is 29.9 Å². The minimum Gasteiger partial charge on any atom is -0.323 e. The van der Waals surface area contributed by atoms with E-state index < -0.39 is 0 Å². The summed E-state index contributed by atoms with van der Waals surface area (Å²) in [6.07, 6.45) is 3.62. The Kier molecular flexibility index (Phi) is 3.86. The van der Waals surface area contributed by atoms with Crippen LogP contribution in [-0.2, 0) is 13.5 Å². The summed E-state index contributed by atoms with van der Waals surface area (Å²) < 4.78 is 1.88. The molecule has 0 aliphatic rings. The van der Waals surface area contributed by atoms with Crippen molar-refractivity contribution in [2.45, 2.75) is 25.8 Å². The van der Waals surface area contributed by atoms with Gasteiger partial charge in [0.15, 0.2) is 0 Å². The zero-order chi connectivity index (χ0) is 12.4. The number of aryl methyl sites for hydroxylation is 3. The van der Waals surface area contributed by atoms with Crippen molar-refractivity contribution in [3.05, 3.63) is 38.8 Å². The molecule has 0 radical (unpaired) electrons. The molecule has 2 aromatic rings. The van der Waals surface area contributed by atoms with Crippen LogP contribution in [-0.4, -0.2) is 9.78 Å². The molecule has 0 aliphatic carbocycles. The monoisotopic (exact) mass is 269 g/mol. The van der Waals surface area contributed by atoms with E-state index in [2.05, 4.69) is 10.5 Å². The van der Waals surface area contributed by atoms with Gasteiger partial charge in [0.25, 0.3) is 0 Å². The van der Waals surface area contributed by atoms with Gasteiger partial charge in [-0.2, -0.15) is 5.10 Å². The van der Waals surface area contributed by atoms with E-state index in [0.717, 1.165) is 28.3 Å². The predicted octanol–water partition coefficient (Wildman–Crippen LogP) is 3.08. The van der Waals surface area contributed by atoms with Crippen LogP contribution < -0.4 is 5.73 Å². The first-order chi connectivity index (χ1) is 8.09. The maximum absolute atomic E-state index is 6.21. The minimum atomic E-state index is 0.0103. The van der Waals surface area contributed by atoms with Gasteiger partial charge >= 0.3 is 0 Å². The van der Waals surface area contributed by atoms with E-state index in [1.165, 1.54) is 5.69 Å². The summed E-state index contributed by atoms with van der Waals surface area (Å²) in [5, 5.41) is 7.02. The van der Waals surface area contributed by atoms with Gasteiger partial charge in [-0.1, -0.05) is 11.6 Å². The quantitative estimate of drug-likeness (QED) is 0.927. The molecule has 5 heteroatoms. The smallest absolute Gasteiger partial charge is 0.0590 e. The van der Waals surface area contributed by atoms with Gasteiger partial charge in [0.05, 0.1) is 5.02 Å². The molecule has 2 rings (SSSR count). The summed E-state index contributed by atoms with van der Waals surface area (Å²) in [5.74, 6) is 0. The molecular formula is C12H16ClN3S. The number of hydrogen-bond donors (Lipinski definition) is 1. The molecule has 17 heavy (non-hydrogen) atoms. The number of aromatic nitrogens is 2. The number of nitrogens with two attached hydrogens (primary N) is 1. The van der Waals surface area contributed by atoms with E-state index in [1.807, 2.05) is 30.9 Å². The molecule has 2 heterocycles. The third-order valence-corrected chi connectivity index (χ3v) is 4.74. The van der Waals surface area contributed by atoms with Crippen LogP contribution in [0.4, 0.5) is 0 Å². The van der Waals surface area contributed by atoms with Crippen LogP contribution in [0.5, 0.6) is 0 Å². The molecule has 2 aromatic heterocycles. The van der Waals surface area contributed by atoms with Crippen LogP contribution in [0.2, 0.25) is 5.02 Å². The van der Waals surface area contributed by atoms with Crippen LogP contribution >= 0.6 is 22.9 Å². The van der Waals surface area contributed by atoms with E-state index in [4.69, 9.17) is 17.3 Å². The van der Waals surface area contributed by atoms with E-state index in [0.29, 0.717) is 0 Å². The number of hydrogen-bond acceptors (Lipinski definition) is 3. The molecule has 0 aromatic carbocycles. The predicted molar refractivity (Wildman–Crippen MR) is 72.5 cm³/mol. The second-order valence-electron chi connectivity index (χ2n) is 4.19. The van der Waals surface area contributed by atoms with Crippen molar-refractivity contribution in [2.75, 3.05) is 0 Å². The largest absolute Gasteiger partial charge is 0.323 e. The molecule has 1 atom stereocenters. The molecule has 92 valence electrons. The lowest BCUT2D eigenvalue weighted by atomic mass is 10.1. The maximum atomic E-state index is 6.21. The zero-order valence-electron chi connectivity index (χ0n) is 9.98. The second-order valence-corrected chi connectivity index (χ2v) is 5.48. The summed E-state index contributed by atoms with van der Waals surface area (Å²) in [6.45, 7) is 2.01. The molecule has 2 N–H and O–H groups in total. The lowest BCUT2D eigenvalue weighted by Crippen LogP contribution is -2.11. The normalized spacial score (nSPS) is 12.9. The summed E-state index contributed by atoms with van der Waals surface area (Å²) in [5.41, 5.74) is 8.48. The average molecular weight is 270 g/mol. The van der Waals surface area contributed by atoms with Crippen molar-refractivity contribution >= 4 is 22.9 Å². The highest BCUT2D eigenvalue weighted by molar-refractivity contribution is 7.10. The van der Waals surface area contributed by atoms with Gasteiger partial charge in [0.2, 0.25) is 0 Å². The van der Waals surface area contributed by atoms with Crippen molar-refractivity contribution in [1.29, 1.82) is 0 Å². The van der Waals surface area contributed by atoms with Gasteiger partial charge in [-0.05, 0) is 36.8 Å². The van der Waals surface area contributed by atoms with Gasteiger partial charge < -0.3 is 5.73 Å². The molecule has 0 bridgehead atoms. The third-order valence-electron chi connectivity index (χ3n) is 2.90. The molecule has 0 aliphatic heterocycles. The van der Waals surface area contributed by atoms with Crippen molar-refractivity contribution in [1.82, 2.24) is 9.78 Å². The molecule has 0 amide bonds. The SMILES string of the molecule is Cc1csc(C(N)CCc2ccnn2C)c1Cl. The zero-order valence-corrected chi connectivity index (χ0v) is 11.6. The number of rotatable bonds is 4. The first kappa shape index (κ1) is 12.6. The summed E-state index contributed by atoms with van der Waals surface area (Å²) in [7, 11) is 1.95. The molecule has 1 unspecified atom stereocenters. The average Bonchev–Trinajstić information content (AvgIpc) is 2.84. The first-order valence-corrected chi connectivity index (χ1v) is 6.81. The highest BCUT2D eigenvalue weighted by atomic mass is 35.5. The van der Waals surface area contributed by atoms with Gasteiger partial charge in [-0.25, -0.2) is 0 Å². The van der Waals surface area contributed by atoms with Crippen LogP contribution in [0.3, 0.4) is 0 Å². The Morgan fingerprint density at radius 3 is 2.88 bits per heavy atom. The van der Waals surface area contributed by atoms with Gasteiger partial charge in [0.1, 0.15) is 0 Å². The lowest BCUT2D eigenvalue weighted by Gasteiger charge is -2.10. The number of thiophene rings is 1. The Bertz CT molecular complexity index is 504. The van der Waals surface area contributed by atoms with Gasteiger partial charge in [-0.3, -0.25) is 4.68 Å². The maximum Gasteiger partial charge on any atom is 0.0590 e. The second kappa shape index (κ2) is 5.21. The highest BCUT2D eigenvalue weighted by Gasteiger charge is 2.14. The molecule has 0 saturated heterocycles. The molecule has 0 fully saturated rings. The minimum absolute atomic E-state index is 0.0103. The Morgan fingerprint density at radius 1 is 1.59 bits per heavy atom. The Balaban J connectivity index is 2.00. The Hall–Kier alpha value is -0.840. The fraction of sp³-hybridized carbons (Fsp3) is 0.417. The molecule has 3 nitrogen and oxygen atoms in total. The molecule has 0 spiro atoms. The summed E-state index contributed by atoms with van der Waals surface area (Å²) in [4.78, 5) is 1.09. The van der Waals surface area contributed by atoms with E-state index in [9.17, 15) is 0 Å². The fourth-order valence-electron chi connectivity index (χ4n) is 1.78. The molecular weight excluding hydrogens is 254 g/mol. The van der Waals surface area contributed by atoms with Crippen LogP contribution in [0.1, 0.15) is 28.6 Å². The lowest BCUT2D eigenvalue weighted by molar-refractivity contribution is 0.620. The first-order valence-electron chi connectivity index (χ1n) is 5.55. The third kappa shape index (κ3) is 2.70. The van der Waals surface area contributed by atoms with Crippen LogP contribution in [0.25, 0.3) is 0 Å². The summed E-state index contributed by atoms with van der Waals surface area (Å²) >= 11 is 7.85. The van der Waals surface area contributed by atoms with Crippen molar-refractivity contribution in [2.24, 2.45) is 12.8 Å². The number of nitrogens with zero attached hydrogens (tertiary/aromatic N) is 2. The van der Waals surface area contributed by atoms with Crippen molar-refractivity contribution < 1.29 is 0 Å². The van der Waals surface area contributed by atoms with E-state index >= 15 is 0 Å². The van der Waals surface area contributed by atoms with Crippen molar-refractivity contribution in [3.63, 3.8) is 0 Å². The van der Waals surface area contributed by atoms with E-state index in [-0.39, 0.29) is 6.04 Å². The standard InChI is InChI=1S/C12H16ClN3S/c1-8-7-17-12(11(8)13)10(14)4-3-9-5-6-15-16(9)2/h5-7,10H,3-4,14H2,1-2H3. The van der Waals surface area contributed by atoms with Gasteiger partial charge in [-0.15, -0.1) is 11.3 Å². The Morgan fingerprint density at radius 2 is 2.35 bits per heavy atom. The number of halogens is 1. The topological polar surface area (TPSA) is 43.8 Å². The van der Waals surface area contributed by atoms with Crippen molar-refractivity contribution in [3.8, 4) is 0 Å². The molecule has 0 saturated carbocycles. The fourth-order valence-corrected chi connectivity index (χ4v) is 3.15. The van der Waals surface area contributed by atoms with Crippen LogP contribution in [0, 0.1) is 6.92 Å². The highest BCUT2D eigenvalue weighted by Crippen LogP contribution is 2.33. The van der Waals surface area contributed by atoms with Crippen LogP contribution in [0.15, 0.2) is 17.6 Å². The summed E-state index contributed by atoms with van der Waals surface area (Å²) in [6, 6.07) is 2.03. The Labute approximate surface area is 110 Å². The van der Waals surface area contributed by atoms with E-state index in [1.54, 1.807) is 11.3 Å².